The van der Waals surface area contributed by atoms with E-state index in [1.165, 1.54) is 0 Å². The van der Waals surface area contributed by atoms with Gasteiger partial charge in [0, 0.05) is 11.1 Å². The van der Waals surface area contributed by atoms with Crippen LogP contribution >= 0.6 is 11.3 Å². The van der Waals surface area contributed by atoms with Gasteiger partial charge in [0.25, 0.3) is 5.89 Å². The Kier molecular flexibility index (Phi) is 3.80. The average molecular weight is 369 g/mol. The van der Waals surface area contributed by atoms with Gasteiger partial charge in [0.2, 0.25) is 5.89 Å². The molecule has 0 aliphatic rings. The molecule has 5 heteroatoms. The van der Waals surface area contributed by atoms with Crippen molar-refractivity contribution in [2.75, 3.05) is 0 Å². The molecule has 0 atom stereocenters. The average Bonchev–Trinajstić information content (AvgIpc) is 3.35. The summed E-state index contributed by atoms with van der Waals surface area (Å²) < 4.78 is 6.04. The SMILES string of the molecule is Cc1nc(-c2ccccc2)sc1-c1nnc(-c2cccc3ccccc23)o1. The monoisotopic (exact) mass is 369 g/mol. The van der Waals surface area contributed by atoms with Crippen LogP contribution in [0.4, 0.5) is 0 Å². The molecule has 4 nitrogen and oxygen atoms in total. The van der Waals surface area contributed by atoms with Gasteiger partial charge < -0.3 is 4.42 Å². The summed E-state index contributed by atoms with van der Waals surface area (Å²) in [5.41, 5.74) is 2.93. The molecule has 0 aliphatic heterocycles. The lowest BCUT2D eigenvalue weighted by Gasteiger charge is -2.01. The fourth-order valence-electron chi connectivity index (χ4n) is 3.13. The lowest BCUT2D eigenvalue weighted by atomic mass is 10.0. The van der Waals surface area contributed by atoms with Gasteiger partial charge in [-0.05, 0) is 23.8 Å². The summed E-state index contributed by atoms with van der Waals surface area (Å²) in [6.45, 7) is 1.97. The van der Waals surface area contributed by atoms with E-state index in [0.717, 1.165) is 37.5 Å². The summed E-state index contributed by atoms with van der Waals surface area (Å²) in [7, 11) is 0. The summed E-state index contributed by atoms with van der Waals surface area (Å²) in [6.07, 6.45) is 0. The molecule has 0 N–H and O–H groups in total. The van der Waals surface area contributed by atoms with Crippen LogP contribution in [0.1, 0.15) is 5.69 Å². The molecule has 5 rings (SSSR count). The number of aromatic nitrogens is 3. The summed E-state index contributed by atoms with van der Waals surface area (Å²) in [5, 5.41) is 11.8. The highest BCUT2D eigenvalue weighted by Crippen LogP contribution is 2.36. The molecule has 130 valence electrons. The Morgan fingerprint density at radius 1 is 0.778 bits per heavy atom. The second-order valence-corrected chi connectivity index (χ2v) is 7.24. The molecule has 0 fully saturated rings. The predicted octanol–water partition coefficient (Wildman–Crippen LogP) is 5.99. The molecule has 0 aliphatic carbocycles. The highest BCUT2D eigenvalue weighted by atomic mass is 32.1. The lowest BCUT2D eigenvalue weighted by molar-refractivity contribution is 0.586. The van der Waals surface area contributed by atoms with Crippen LogP contribution in [0, 0.1) is 6.92 Å². The van der Waals surface area contributed by atoms with Gasteiger partial charge in [-0.2, -0.15) is 0 Å². The van der Waals surface area contributed by atoms with E-state index in [4.69, 9.17) is 4.42 Å². The quantitative estimate of drug-likeness (QED) is 0.392. The Balaban J connectivity index is 1.57. The van der Waals surface area contributed by atoms with Gasteiger partial charge in [0.1, 0.15) is 9.88 Å². The van der Waals surface area contributed by atoms with Crippen molar-refractivity contribution in [3.8, 4) is 32.8 Å². The minimum atomic E-state index is 0.509. The van der Waals surface area contributed by atoms with Crippen molar-refractivity contribution in [1.29, 1.82) is 0 Å². The fraction of sp³-hybridized carbons (Fsp3) is 0.0455. The molecule has 5 aromatic rings. The number of hydrogen-bond donors (Lipinski definition) is 0. The fourth-order valence-corrected chi connectivity index (χ4v) is 4.13. The second kappa shape index (κ2) is 6.45. The Morgan fingerprint density at radius 3 is 2.41 bits per heavy atom. The zero-order valence-corrected chi connectivity index (χ0v) is 15.4. The van der Waals surface area contributed by atoms with E-state index in [0.29, 0.717) is 11.8 Å². The lowest BCUT2D eigenvalue weighted by Crippen LogP contribution is -1.81. The van der Waals surface area contributed by atoms with Crippen LogP contribution in [-0.2, 0) is 0 Å². The first-order valence-electron chi connectivity index (χ1n) is 8.64. The smallest absolute Gasteiger partial charge is 0.260 e. The number of nitrogens with zero attached hydrogens (tertiary/aromatic N) is 3. The molecule has 27 heavy (non-hydrogen) atoms. The summed E-state index contributed by atoms with van der Waals surface area (Å²) >= 11 is 1.57. The molecule has 0 saturated carbocycles. The molecule has 0 amide bonds. The van der Waals surface area contributed by atoms with E-state index < -0.39 is 0 Å². The van der Waals surface area contributed by atoms with Gasteiger partial charge in [-0.15, -0.1) is 21.5 Å². The van der Waals surface area contributed by atoms with Gasteiger partial charge in [0.15, 0.2) is 0 Å². The minimum absolute atomic E-state index is 0.509. The third-order valence-electron chi connectivity index (χ3n) is 4.46. The maximum absolute atomic E-state index is 6.04. The molecule has 0 saturated heterocycles. The topological polar surface area (TPSA) is 51.8 Å². The number of hydrogen-bond acceptors (Lipinski definition) is 5. The predicted molar refractivity (Wildman–Crippen MR) is 109 cm³/mol. The van der Waals surface area contributed by atoms with Gasteiger partial charge in [-0.25, -0.2) is 4.98 Å². The van der Waals surface area contributed by atoms with E-state index in [2.05, 4.69) is 45.5 Å². The molecule has 3 aromatic carbocycles. The van der Waals surface area contributed by atoms with Crippen molar-refractivity contribution in [1.82, 2.24) is 15.2 Å². The summed E-state index contributed by atoms with van der Waals surface area (Å²) in [4.78, 5) is 5.59. The van der Waals surface area contributed by atoms with Gasteiger partial charge in [0.05, 0.1) is 5.69 Å². The number of benzene rings is 3. The van der Waals surface area contributed by atoms with Crippen LogP contribution in [0.2, 0.25) is 0 Å². The summed E-state index contributed by atoms with van der Waals surface area (Å²) in [6, 6.07) is 24.4. The van der Waals surface area contributed by atoms with Crippen molar-refractivity contribution in [2.24, 2.45) is 0 Å². The minimum Gasteiger partial charge on any atom is -0.415 e. The number of fused-ring (bicyclic) bond motifs is 1. The van der Waals surface area contributed by atoms with Gasteiger partial charge in [-0.3, -0.25) is 0 Å². The molecular weight excluding hydrogens is 354 g/mol. The van der Waals surface area contributed by atoms with Crippen molar-refractivity contribution < 1.29 is 4.42 Å². The van der Waals surface area contributed by atoms with Crippen molar-refractivity contribution >= 4 is 22.1 Å². The van der Waals surface area contributed by atoms with Crippen LogP contribution in [0.15, 0.2) is 77.2 Å². The second-order valence-electron chi connectivity index (χ2n) is 6.24. The Bertz CT molecular complexity index is 1240. The standard InChI is InChI=1S/C22H15N3OS/c1-14-19(27-22(23-14)16-9-3-2-4-10-16)21-25-24-20(26-21)18-13-7-11-15-8-5-6-12-17(15)18/h2-13H,1H3. The summed E-state index contributed by atoms with van der Waals surface area (Å²) in [5.74, 6) is 1.03. The van der Waals surface area contributed by atoms with Crippen molar-refractivity contribution in [3.05, 3.63) is 78.5 Å². The maximum atomic E-state index is 6.04. The Morgan fingerprint density at radius 2 is 1.52 bits per heavy atom. The first-order chi connectivity index (χ1) is 13.3. The molecular formula is C22H15N3OS. The molecule has 0 spiro atoms. The number of rotatable bonds is 3. The highest BCUT2D eigenvalue weighted by Gasteiger charge is 2.18. The Labute approximate surface area is 160 Å². The van der Waals surface area contributed by atoms with Crippen LogP contribution < -0.4 is 0 Å². The maximum Gasteiger partial charge on any atom is 0.260 e. The van der Waals surface area contributed by atoms with Gasteiger partial charge in [-0.1, -0.05) is 66.7 Å². The van der Waals surface area contributed by atoms with E-state index in [1.807, 2.05) is 49.4 Å². The zero-order valence-electron chi connectivity index (χ0n) is 14.6. The third-order valence-corrected chi connectivity index (χ3v) is 5.65. The van der Waals surface area contributed by atoms with E-state index in [9.17, 15) is 0 Å². The molecule has 0 bridgehead atoms. The normalized spacial score (nSPS) is 11.1. The van der Waals surface area contributed by atoms with Crippen molar-refractivity contribution in [3.63, 3.8) is 0 Å². The zero-order chi connectivity index (χ0) is 18.2. The molecule has 2 aromatic heterocycles. The highest BCUT2D eigenvalue weighted by molar-refractivity contribution is 7.18. The largest absolute Gasteiger partial charge is 0.415 e. The van der Waals surface area contributed by atoms with E-state index in [1.54, 1.807) is 11.3 Å². The molecule has 0 unspecified atom stereocenters. The first kappa shape index (κ1) is 15.9. The van der Waals surface area contributed by atoms with Crippen LogP contribution in [0.5, 0.6) is 0 Å². The number of thiazole rings is 1. The van der Waals surface area contributed by atoms with Crippen LogP contribution in [0.25, 0.3) is 43.6 Å². The van der Waals surface area contributed by atoms with E-state index in [-0.39, 0.29) is 0 Å². The van der Waals surface area contributed by atoms with Crippen molar-refractivity contribution in [2.45, 2.75) is 6.92 Å². The van der Waals surface area contributed by atoms with Gasteiger partial charge >= 0.3 is 0 Å². The number of aryl methyl sites for hydroxylation is 1. The molecule has 2 heterocycles. The molecule has 0 radical (unpaired) electrons. The van der Waals surface area contributed by atoms with Crippen LogP contribution in [-0.4, -0.2) is 15.2 Å². The van der Waals surface area contributed by atoms with Crippen LogP contribution in [0.3, 0.4) is 0 Å². The Hall–Kier alpha value is -3.31. The first-order valence-corrected chi connectivity index (χ1v) is 9.46. The van der Waals surface area contributed by atoms with E-state index >= 15 is 0 Å². The third kappa shape index (κ3) is 2.82.